The molecule has 1 N–H and O–H groups in total. The Balaban J connectivity index is 1.40. The Morgan fingerprint density at radius 2 is 1.92 bits per heavy atom. The van der Waals surface area contributed by atoms with E-state index in [-0.39, 0.29) is 48.8 Å². The molecule has 1 atom stereocenters. The van der Waals surface area contributed by atoms with E-state index >= 15 is 0 Å². The fourth-order valence-electron chi connectivity index (χ4n) is 4.15. The molecule has 2 aromatic heterocycles. The first-order chi connectivity index (χ1) is 18.5. The lowest BCUT2D eigenvalue weighted by Gasteiger charge is -2.31. The summed E-state index contributed by atoms with van der Waals surface area (Å²) >= 11 is 0.787. The highest BCUT2D eigenvalue weighted by Crippen LogP contribution is 2.32. The van der Waals surface area contributed by atoms with Crippen LogP contribution in [0.4, 0.5) is 17.6 Å². The lowest BCUT2D eigenvalue weighted by atomic mass is 9.98. The summed E-state index contributed by atoms with van der Waals surface area (Å²) in [6, 6.07) is 9.12. The topological polar surface area (TPSA) is 102 Å². The number of piperidine rings is 1. The molecule has 0 aliphatic carbocycles. The van der Waals surface area contributed by atoms with Gasteiger partial charge in [-0.25, -0.2) is 13.8 Å². The zero-order valence-electron chi connectivity index (χ0n) is 20.8. The first-order valence-electron chi connectivity index (χ1n) is 12.0. The Morgan fingerprint density at radius 1 is 1.21 bits per heavy atom. The highest BCUT2D eigenvalue weighted by Gasteiger charge is 2.42. The quantitative estimate of drug-likeness (QED) is 0.302. The van der Waals surface area contributed by atoms with E-state index in [1.807, 2.05) is 0 Å². The van der Waals surface area contributed by atoms with Crippen molar-refractivity contribution in [1.82, 2.24) is 15.2 Å². The van der Waals surface area contributed by atoms with Crippen LogP contribution in [-0.4, -0.2) is 53.8 Å². The summed E-state index contributed by atoms with van der Waals surface area (Å²) in [5.41, 5.74) is 0.985. The van der Waals surface area contributed by atoms with Gasteiger partial charge < -0.3 is 19.4 Å². The first kappa shape index (κ1) is 28.3. The van der Waals surface area contributed by atoms with E-state index in [1.54, 1.807) is 24.3 Å². The van der Waals surface area contributed by atoms with Crippen LogP contribution in [0.3, 0.4) is 0 Å². The highest BCUT2D eigenvalue weighted by molar-refractivity contribution is 7.10. The number of ether oxygens (including phenoxy) is 1. The van der Waals surface area contributed by atoms with Crippen molar-refractivity contribution in [2.24, 2.45) is 0 Å². The average molecular weight is 568 g/mol. The minimum Gasteiger partial charge on any atom is -0.468 e. The number of carbonyl (C=O) groups is 3. The third kappa shape index (κ3) is 6.64. The number of halogens is 4. The Hall–Kier alpha value is -3.74. The largest absolute Gasteiger partial charge is 0.468 e. The lowest BCUT2D eigenvalue weighted by Crippen LogP contribution is -2.45. The van der Waals surface area contributed by atoms with Gasteiger partial charge in [-0.3, -0.25) is 14.4 Å². The second kappa shape index (κ2) is 11.6. The molecule has 0 bridgehead atoms. The van der Waals surface area contributed by atoms with E-state index in [9.17, 15) is 31.9 Å². The molecule has 2 amide bonds. The molecule has 1 aliphatic heterocycles. The number of esters is 1. The van der Waals surface area contributed by atoms with E-state index in [4.69, 9.17) is 9.15 Å². The summed E-state index contributed by atoms with van der Waals surface area (Å²) in [7, 11) is 1.18. The molecule has 13 heteroatoms. The zero-order chi connectivity index (χ0) is 28.2. The minimum absolute atomic E-state index is 0.0612. The number of hydrogen-bond donors (Lipinski definition) is 1. The van der Waals surface area contributed by atoms with Gasteiger partial charge in [-0.1, -0.05) is 30.3 Å². The van der Waals surface area contributed by atoms with Crippen LogP contribution < -0.4 is 5.32 Å². The van der Waals surface area contributed by atoms with Crippen LogP contribution in [0.2, 0.25) is 0 Å². The van der Waals surface area contributed by atoms with E-state index in [0.29, 0.717) is 11.1 Å². The number of nitrogens with zero attached hydrogens (tertiary/aromatic N) is 2. The Morgan fingerprint density at radius 3 is 2.56 bits per heavy atom. The van der Waals surface area contributed by atoms with Gasteiger partial charge in [0.1, 0.15) is 12.2 Å². The van der Waals surface area contributed by atoms with Crippen molar-refractivity contribution in [3.05, 3.63) is 75.6 Å². The molecular formula is C26H25F4N3O5S. The number of nitrogens with one attached hydrogen (secondary N) is 1. The predicted octanol–water partition coefficient (Wildman–Crippen LogP) is 4.51. The molecule has 39 heavy (non-hydrogen) atoms. The number of likely N-dealkylation sites (tertiary alicyclic amines) is 1. The second-order valence-electron chi connectivity index (χ2n) is 9.09. The van der Waals surface area contributed by atoms with Crippen molar-refractivity contribution in [1.29, 1.82) is 0 Å². The maximum Gasteiger partial charge on any atom is 0.358 e. The SMILES string of the molecule is COC(=O)C(Cc1ccc(CNC(=O)C(F)(F)c2cccs2)cc1)c1nc(C(=O)N2CCCC(F)(F)C2)co1. The van der Waals surface area contributed by atoms with Crippen molar-refractivity contribution in [3.63, 3.8) is 0 Å². The maximum atomic E-state index is 14.2. The number of thiophene rings is 1. The van der Waals surface area contributed by atoms with Gasteiger partial charge in [-0.05, 0) is 35.4 Å². The van der Waals surface area contributed by atoms with Crippen LogP contribution in [0.5, 0.6) is 0 Å². The van der Waals surface area contributed by atoms with Gasteiger partial charge in [0.25, 0.3) is 17.7 Å². The van der Waals surface area contributed by atoms with E-state index < -0.39 is 42.1 Å². The molecule has 208 valence electrons. The summed E-state index contributed by atoms with van der Waals surface area (Å²) in [6.45, 7) is -0.691. The number of rotatable bonds is 9. The van der Waals surface area contributed by atoms with Gasteiger partial charge >= 0.3 is 11.9 Å². The first-order valence-corrected chi connectivity index (χ1v) is 12.9. The van der Waals surface area contributed by atoms with Crippen molar-refractivity contribution in [2.45, 2.75) is 43.6 Å². The number of amides is 2. The number of benzene rings is 1. The molecule has 1 aromatic carbocycles. The fourth-order valence-corrected chi connectivity index (χ4v) is 4.85. The molecule has 1 fully saturated rings. The highest BCUT2D eigenvalue weighted by atomic mass is 32.1. The van der Waals surface area contributed by atoms with E-state index in [2.05, 4.69) is 10.3 Å². The smallest absolute Gasteiger partial charge is 0.358 e. The van der Waals surface area contributed by atoms with Crippen molar-refractivity contribution in [2.75, 3.05) is 20.2 Å². The maximum absolute atomic E-state index is 14.2. The molecule has 0 radical (unpaired) electrons. The molecule has 3 aromatic rings. The monoisotopic (exact) mass is 567 g/mol. The summed E-state index contributed by atoms with van der Waals surface area (Å²) < 4.78 is 66.2. The third-order valence-electron chi connectivity index (χ3n) is 6.24. The standard InChI is InChI=1S/C26H25F4N3O5S/c1-37-23(35)18(21-32-19(14-38-21)22(34)33-10-3-9-25(27,28)15-33)12-16-5-7-17(8-6-16)13-31-24(36)26(29,30)20-4-2-11-39-20/h2,4-8,11,14,18H,3,9-10,12-13,15H2,1H3,(H,31,36). The van der Waals surface area contributed by atoms with Crippen LogP contribution in [0.25, 0.3) is 0 Å². The minimum atomic E-state index is -3.65. The molecule has 4 rings (SSSR count). The summed E-state index contributed by atoms with van der Waals surface area (Å²) in [5.74, 6) is -10.6. The fraction of sp³-hybridized carbons (Fsp3) is 0.385. The second-order valence-corrected chi connectivity index (χ2v) is 10.0. The molecule has 8 nitrogen and oxygen atoms in total. The molecule has 1 unspecified atom stereocenters. The number of hydrogen-bond acceptors (Lipinski definition) is 7. The van der Waals surface area contributed by atoms with Crippen LogP contribution in [0.1, 0.15) is 51.1 Å². The van der Waals surface area contributed by atoms with Gasteiger partial charge in [0.15, 0.2) is 5.69 Å². The number of carbonyl (C=O) groups excluding carboxylic acids is 3. The summed E-state index contributed by atoms with van der Waals surface area (Å²) in [5, 5.41) is 3.68. The predicted molar refractivity (Wildman–Crippen MR) is 132 cm³/mol. The number of alkyl halides is 4. The summed E-state index contributed by atoms with van der Waals surface area (Å²) in [6.07, 6.45) is 0.951. The Bertz CT molecular complexity index is 1310. The summed E-state index contributed by atoms with van der Waals surface area (Å²) in [4.78, 5) is 41.9. The normalized spacial score (nSPS) is 16.0. The van der Waals surface area contributed by atoms with Crippen LogP contribution in [0, 0.1) is 0 Å². The number of methoxy groups -OCH3 is 1. The molecule has 0 spiro atoms. The average Bonchev–Trinajstić information content (AvgIpc) is 3.63. The van der Waals surface area contributed by atoms with Crippen LogP contribution in [-0.2, 0) is 33.2 Å². The van der Waals surface area contributed by atoms with Crippen LogP contribution in [0.15, 0.2) is 52.5 Å². The molecule has 1 saturated heterocycles. The lowest BCUT2D eigenvalue weighted by molar-refractivity contribution is -0.146. The molecular weight excluding hydrogens is 542 g/mol. The Kier molecular flexibility index (Phi) is 8.38. The number of aromatic nitrogens is 1. The molecule has 0 saturated carbocycles. The molecule has 1 aliphatic rings. The van der Waals surface area contributed by atoms with E-state index in [1.165, 1.54) is 24.6 Å². The number of oxazole rings is 1. The van der Waals surface area contributed by atoms with Crippen molar-refractivity contribution < 1.29 is 41.1 Å². The van der Waals surface area contributed by atoms with Crippen molar-refractivity contribution in [3.8, 4) is 0 Å². The van der Waals surface area contributed by atoms with Crippen LogP contribution >= 0.6 is 11.3 Å². The van der Waals surface area contributed by atoms with Gasteiger partial charge in [0.05, 0.1) is 18.5 Å². The van der Waals surface area contributed by atoms with Gasteiger partial charge in [0.2, 0.25) is 5.89 Å². The Labute approximate surface area is 225 Å². The van der Waals surface area contributed by atoms with Gasteiger partial charge in [0, 0.05) is 19.5 Å². The van der Waals surface area contributed by atoms with Gasteiger partial charge in [-0.2, -0.15) is 8.78 Å². The van der Waals surface area contributed by atoms with Gasteiger partial charge in [-0.15, -0.1) is 11.3 Å². The zero-order valence-corrected chi connectivity index (χ0v) is 21.6. The van der Waals surface area contributed by atoms with E-state index in [0.717, 1.165) is 22.5 Å². The van der Waals surface area contributed by atoms with Crippen molar-refractivity contribution >= 4 is 29.1 Å². The molecule has 3 heterocycles. The third-order valence-corrected chi connectivity index (χ3v) is 7.18.